The van der Waals surface area contributed by atoms with Crippen molar-refractivity contribution in [3.05, 3.63) is 134 Å². The lowest BCUT2D eigenvalue weighted by molar-refractivity contribution is -0.301. The molecule has 12 heteroatoms. The largest absolute Gasteiger partial charge is 0.479 e. The van der Waals surface area contributed by atoms with Crippen molar-refractivity contribution in [2.45, 2.75) is 199 Å². The highest BCUT2D eigenvalue weighted by Gasteiger charge is 2.50. The van der Waals surface area contributed by atoms with Crippen molar-refractivity contribution < 1.29 is 58.2 Å². The molecule has 0 aliphatic carbocycles. The Kier molecular flexibility index (Phi) is 41.4. The molecule has 6 unspecified atom stereocenters. The highest BCUT2D eigenvalue weighted by Crippen LogP contribution is 2.26. The van der Waals surface area contributed by atoms with E-state index in [2.05, 4.69) is 136 Å². The minimum atomic E-state index is -1.93. The van der Waals surface area contributed by atoms with Crippen molar-refractivity contribution in [3.63, 3.8) is 0 Å². The summed E-state index contributed by atoms with van der Waals surface area (Å²) in [4.78, 5) is 50.8. The average molecular weight is 989 g/mol. The van der Waals surface area contributed by atoms with Gasteiger partial charge in [0.15, 0.2) is 24.6 Å². The molecule has 0 aromatic carbocycles. The first-order chi connectivity index (χ1) is 34.6. The topological polar surface area (TPSA) is 175 Å². The maximum atomic E-state index is 13.0. The summed E-state index contributed by atoms with van der Waals surface area (Å²) in [6.07, 6.45) is 51.8. The molecule has 0 bridgehead atoms. The number of hydrogen-bond acceptors (Lipinski definition) is 11. The molecule has 1 aliphatic heterocycles. The molecule has 12 nitrogen and oxygen atoms in total. The molecule has 0 aromatic heterocycles. The van der Waals surface area contributed by atoms with Crippen LogP contribution in [0.5, 0.6) is 0 Å². The highest BCUT2D eigenvalue weighted by molar-refractivity contribution is 5.74. The number of carboxylic acid groups (broad SMARTS) is 1. The van der Waals surface area contributed by atoms with Crippen molar-refractivity contribution in [3.8, 4) is 0 Å². The van der Waals surface area contributed by atoms with Gasteiger partial charge in [-0.25, -0.2) is 4.79 Å². The van der Waals surface area contributed by atoms with Gasteiger partial charge in [-0.15, -0.1) is 0 Å². The number of carboxylic acids is 1. The zero-order valence-electron chi connectivity index (χ0n) is 43.2. The number of hydrogen-bond donors (Lipinski definition) is 3. The third-order valence-corrected chi connectivity index (χ3v) is 10.7. The van der Waals surface area contributed by atoms with Crippen LogP contribution in [0.3, 0.4) is 0 Å². The van der Waals surface area contributed by atoms with Gasteiger partial charge in [0.25, 0.3) is 0 Å². The molecule has 6 atom stereocenters. The van der Waals surface area contributed by atoms with Crippen LogP contribution in [0.4, 0.5) is 0 Å². The predicted octanol–water partition coefficient (Wildman–Crippen LogP) is 12.7. The Bertz CT molecular complexity index is 1740. The molecular formula is C59H88O12. The van der Waals surface area contributed by atoms with Crippen LogP contribution in [0.2, 0.25) is 0 Å². The van der Waals surface area contributed by atoms with Gasteiger partial charge in [0, 0.05) is 19.3 Å². The summed E-state index contributed by atoms with van der Waals surface area (Å²) in [6, 6.07) is 0. The fourth-order valence-corrected chi connectivity index (χ4v) is 6.80. The van der Waals surface area contributed by atoms with Crippen LogP contribution in [0.25, 0.3) is 0 Å². The fourth-order valence-electron chi connectivity index (χ4n) is 6.80. The quantitative estimate of drug-likeness (QED) is 0.0229. The molecule has 1 aliphatic rings. The van der Waals surface area contributed by atoms with Crippen molar-refractivity contribution in [2.75, 3.05) is 13.2 Å². The lowest BCUT2D eigenvalue weighted by Gasteiger charge is -2.40. The summed E-state index contributed by atoms with van der Waals surface area (Å²) in [6.45, 7) is 5.48. The number of carbonyl (C=O) groups excluding carboxylic acids is 3. The minimum absolute atomic E-state index is 0.00499. The molecule has 1 fully saturated rings. The maximum Gasteiger partial charge on any atom is 0.335 e. The number of allylic oxidation sites excluding steroid dienone is 22. The van der Waals surface area contributed by atoms with Crippen LogP contribution >= 0.6 is 0 Å². The van der Waals surface area contributed by atoms with E-state index >= 15 is 0 Å². The Balaban J connectivity index is 2.83. The summed E-state index contributed by atoms with van der Waals surface area (Å²) < 4.78 is 28.1. The van der Waals surface area contributed by atoms with E-state index in [1.165, 1.54) is 0 Å². The van der Waals surface area contributed by atoms with E-state index in [1.54, 1.807) is 0 Å². The monoisotopic (exact) mass is 989 g/mol. The first-order valence-electron chi connectivity index (χ1n) is 26.2. The highest BCUT2D eigenvalue weighted by atomic mass is 16.7. The Hall–Kier alpha value is -5.14. The van der Waals surface area contributed by atoms with Crippen LogP contribution in [0, 0.1) is 0 Å². The molecule has 396 valence electrons. The standard InChI is InChI=1S/C59H88O12/c1-4-7-10-13-16-19-22-25-26-29-30-33-36-39-42-45-51(60)67-48-50(69-52(61)46-43-40-37-34-31-27-23-20-17-14-11-8-5-2)49-68-59-57(55(64)54(63)56(71-59)58(65)66)70-53(62)47-44-41-38-35-32-28-24-21-18-15-12-9-6-3/h7-12,16-21,25-28,30-33,37,40,50,54-57,59,63-64H,4-6,13-15,22-24,29,34-36,38-39,41-49H2,1-3H3,(H,65,66)/b10-7-,11-8-,12-9-,19-16-,20-17-,21-18-,26-25-,31-27-,32-28-,33-30-,40-37-. The van der Waals surface area contributed by atoms with Crippen LogP contribution in [-0.2, 0) is 42.9 Å². The van der Waals surface area contributed by atoms with Crippen LogP contribution in [0.15, 0.2) is 134 Å². The summed E-state index contributed by atoms with van der Waals surface area (Å²) >= 11 is 0. The van der Waals surface area contributed by atoms with E-state index in [-0.39, 0.29) is 25.9 Å². The minimum Gasteiger partial charge on any atom is -0.479 e. The first-order valence-corrected chi connectivity index (χ1v) is 26.2. The Morgan fingerprint density at radius 2 is 0.873 bits per heavy atom. The third kappa shape index (κ3) is 36.4. The second-order valence-electron chi connectivity index (χ2n) is 17.0. The van der Waals surface area contributed by atoms with E-state index < -0.39 is 67.3 Å². The smallest absolute Gasteiger partial charge is 0.335 e. The van der Waals surface area contributed by atoms with Crippen molar-refractivity contribution >= 4 is 23.9 Å². The zero-order chi connectivity index (χ0) is 51.8. The van der Waals surface area contributed by atoms with Gasteiger partial charge < -0.3 is 39.0 Å². The SMILES string of the molecule is CC/C=C\C/C=C\C/C=C\C/C=C\CCCCC(=O)OCC(COC1OC(C(=O)O)C(O)C(O)C1OC(=O)CCCCC/C=C\C/C=C\C/C=C\CC)OC(=O)CC/C=C\C/C=C\C/C=C\C/C=C\CC. The van der Waals surface area contributed by atoms with Gasteiger partial charge in [-0.05, 0) is 116 Å². The van der Waals surface area contributed by atoms with Gasteiger partial charge in [-0.1, -0.05) is 161 Å². The fraction of sp³-hybridized carbons (Fsp3) is 0.559. The molecular weight excluding hydrogens is 901 g/mol. The molecule has 71 heavy (non-hydrogen) atoms. The molecule has 0 aromatic rings. The maximum absolute atomic E-state index is 13.0. The van der Waals surface area contributed by atoms with E-state index in [1.807, 2.05) is 18.2 Å². The normalized spacial score (nSPS) is 19.6. The van der Waals surface area contributed by atoms with Gasteiger partial charge in [-0.2, -0.15) is 0 Å². The molecule has 1 rings (SSSR count). The lowest BCUT2D eigenvalue weighted by atomic mass is 9.98. The van der Waals surface area contributed by atoms with E-state index in [0.717, 1.165) is 96.3 Å². The zero-order valence-corrected chi connectivity index (χ0v) is 43.2. The Morgan fingerprint density at radius 3 is 1.34 bits per heavy atom. The number of aliphatic carboxylic acids is 1. The van der Waals surface area contributed by atoms with Crippen molar-refractivity contribution in [1.82, 2.24) is 0 Å². The molecule has 1 heterocycles. The lowest BCUT2D eigenvalue weighted by Crippen LogP contribution is -2.61. The molecule has 3 N–H and O–H groups in total. The van der Waals surface area contributed by atoms with Gasteiger partial charge >= 0.3 is 23.9 Å². The van der Waals surface area contributed by atoms with E-state index in [9.17, 15) is 34.5 Å². The van der Waals surface area contributed by atoms with Crippen molar-refractivity contribution in [2.24, 2.45) is 0 Å². The summed E-state index contributed by atoms with van der Waals surface area (Å²) in [5.74, 6) is -3.36. The number of esters is 3. The molecule has 0 radical (unpaired) electrons. The Labute approximate surface area is 426 Å². The van der Waals surface area contributed by atoms with E-state index in [4.69, 9.17) is 23.7 Å². The van der Waals surface area contributed by atoms with Crippen LogP contribution < -0.4 is 0 Å². The van der Waals surface area contributed by atoms with Crippen LogP contribution in [-0.4, -0.2) is 89.2 Å². The molecule has 0 spiro atoms. The molecule has 0 saturated carbocycles. The van der Waals surface area contributed by atoms with Gasteiger partial charge in [0.1, 0.15) is 18.8 Å². The number of aliphatic hydroxyl groups excluding tert-OH is 2. The van der Waals surface area contributed by atoms with E-state index in [0.29, 0.717) is 25.7 Å². The summed E-state index contributed by atoms with van der Waals surface area (Å²) in [5.41, 5.74) is 0. The number of ether oxygens (including phenoxy) is 5. The number of carbonyl (C=O) groups is 4. The third-order valence-electron chi connectivity index (χ3n) is 10.7. The number of unbranched alkanes of at least 4 members (excludes halogenated alkanes) is 5. The number of rotatable bonds is 41. The predicted molar refractivity (Wildman–Crippen MR) is 284 cm³/mol. The van der Waals surface area contributed by atoms with Gasteiger partial charge in [0.05, 0.1) is 6.61 Å². The van der Waals surface area contributed by atoms with Crippen molar-refractivity contribution in [1.29, 1.82) is 0 Å². The summed E-state index contributed by atoms with van der Waals surface area (Å²) in [7, 11) is 0. The van der Waals surface area contributed by atoms with Crippen LogP contribution in [0.1, 0.15) is 162 Å². The van der Waals surface area contributed by atoms with Gasteiger partial charge in [-0.3, -0.25) is 14.4 Å². The molecule has 0 amide bonds. The second-order valence-corrected chi connectivity index (χ2v) is 17.0. The molecule has 1 saturated heterocycles. The van der Waals surface area contributed by atoms with Gasteiger partial charge in [0.2, 0.25) is 0 Å². The summed E-state index contributed by atoms with van der Waals surface area (Å²) in [5, 5.41) is 31.3. The first kappa shape index (κ1) is 63.9. The number of aliphatic hydroxyl groups is 2. The second kappa shape index (κ2) is 46.0. The average Bonchev–Trinajstić information content (AvgIpc) is 3.35. The Morgan fingerprint density at radius 1 is 0.465 bits per heavy atom.